The second-order valence-corrected chi connectivity index (χ2v) is 8.82. The summed E-state index contributed by atoms with van der Waals surface area (Å²) in [6.07, 6.45) is -12.3. The number of urea groups is 1. The number of barbiturate groups is 1. The number of carbonyl (C=O) groups is 3. The molecular formula is C21H17F6N5O5. The van der Waals surface area contributed by atoms with Gasteiger partial charge in [-0.2, -0.15) is 26.9 Å². The number of hydrogen-bond donors (Lipinski definition) is 2. The number of rotatable bonds is 3. The average molecular weight is 533 g/mol. The maximum atomic E-state index is 15.6. The van der Waals surface area contributed by atoms with Gasteiger partial charge in [0.1, 0.15) is 5.82 Å². The minimum atomic E-state index is -4.86. The molecule has 16 heteroatoms. The number of morpholine rings is 1. The van der Waals surface area contributed by atoms with Gasteiger partial charge in [0, 0.05) is 12.0 Å². The zero-order valence-electron chi connectivity index (χ0n) is 18.7. The number of ether oxygens (including phenoxy) is 1. The molecule has 3 aliphatic heterocycles. The van der Waals surface area contributed by atoms with Gasteiger partial charge in [0.15, 0.2) is 11.5 Å². The molecule has 0 radical (unpaired) electrons. The summed E-state index contributed by atoms with van der Waals surface area (Å²) in [5.74, 6) is -4.75. The minimum absolute atomic E-state index is 0.0850. The molecular weight excluding hydrogens is 516 g/mol. The van der Waals surface area contributed by atoms with Gasteiger partial charge in [0.2, 0.25) is 17.6 Å². The first-order valence-corrected chi connectivity index (χ1v) is 11.0. The lowest BCUT2D eigenvalue weighted by Crippen LogP contribution is -2.76. The van der Waals surface area contributed by atoms with Crippen LogP contribution in [0.3, 0.4) is 0 Å². The van der Waals surface area contributed by atoms with E-state index in [2.05, 4.69) is 14.7 Å². The highest BCUT2D eigenvalue weighted by atomic mass is 19.4. The molecule has 198 valence electrons. The fourth-order valence-corrected chi connectivity index (χ4v) is 5.22. The molecule has 0 aliphatic carbocycles. The first-order valence-electron chi connectivity index (χ1n) is 11.0. The quantitative estimate of drug-likeness (QED) is 0.456. The Bertz CT molecular complexity index is 1280. The van der Waals surface area contributed by atoms with E-state index >= 15 is 4.39 Å². The average Bonchev–Trinajstić information content (AvgIpc) is 3.31. The summed E-state index contributed by atoms with van der Waals surface area (Å²) in [5, 5.41) is 7.31. The van der Waals surface area contributed by atoms with Gasteiger partial charge in [0.05, 0.1) is 24.4 Å². The standard InChI is InChI=1S/C21H17F6N5O5/c1-2-10-13-20(17(33)29-19(35)30-18(20)34)5-8-3-7(15-28-16(14(23)24)37-31-15)4-9(22)12(8)32(13)6-11(36-10)21(25,26)27/h3-4,10-11,13-14H,2,5-6H2,1H3,(H2,29,30,33,34,35)/t10-,11-,13+/m0/s1. The third-order valence-corrected chi connectivity index (χ3v) is 6.71. The van der Waals surface area contributed by atoms with E-state index < -0.39 is 84.6 Å². The number of nitrogens with one attached hydrogen (secondary N) is 2. The summed E-state index contributed by atoms with van der Waals surface area (Å²) >= 11 is 0. The zero-order valence-corrected chi connectivity index (χ0v) is 18.7. The molecule has 2 aromatic rings. The fraction of sp³-hybridized carbons (Fsp3) is 0.476. The summed E-state index contributed by atoms with van der Waals surface area (Å²) in [7, 11) is 0. The van der Waals surface area contributed by atoms with Crippen LogP contribution < -0.4 is 15.5 Å². The Labute approximate surface area is 203 Å². The molecule has 1 aromatic heterocycles. The van der Waals surface area contributed by atoms with Crippen molar-refractivity contribution in [1.82, 2.24) is 20.8 Å². The second-order valence-electron chi connectivity index (χ2n) is 8.82. The van der Waals surface area contributed by atoms with E-state index in [1.807, 2.05) is 10.6 Å². The monoisotopic (exact) mass is 533 g/mol. The third kappa shape index (κ3) is 3.81. The van der Waals surface area contributed by atoms with E-state index in [0.717, 1.165) is 11.0 Å². The topological polar surface area (TPSA) is 127 Å². The smallest absolute Gasteiger partial charge is 0.361 e. The van der Waals surface area contributed by atoms with Gasteiger partial charge in [-0.3, -0.25) is 20.2 Å². The van der Waals surface area contributed by atoms with Crippen LogP contribution in [-0.4, -0.2) is 59.0 Å². The number of halogens is 6. The molecule has 4 amide bonds. The van der Waals surface area contributed by atoms with Crippen molar-refractivity contribution < 1.29 is 50.0 Å². The SMILES string of the molecule is CC[C@@H]1O[C@H](C(F)(F)F)CN2c3c(F)cc(-c4noc(C(F)F)n4)cc3CC3(C(=O)NC(=O)NC3=O)[C@@H]12. The highest BCUT2D eigenvalue weighted by Crippen LogP contribution is 2.50. The van der Waals surface area contributed by atoms with Crippen LogP contribution in [0.15, 0.2) is 16.7 Å². The number of imide groups is 2. The highest BCUT2D eigenvalue weighted by molar-refractivity contribution is 6.20. The van der Waals surface area contributed by atoms with Crippen LogP contribution in [0.2, 0.25) is 0 Å². The maximum absolute atomic E-state index is 15.6. The number of aromatic nitrogens is 2. The maximum Gasteiger partial charge on any atom is 0.416 e. The summed E-state index contributed by atoms with van der Waals surface area (Å²) in [6, 6.07) is -0.529. The minimum Gasteiger partial charge on any atom is -0.361 e. The highest BCUT2D eigenvalue weighted by Gasteiger charge is 2.65. The van der Waals surface area contributed by atoms with E-state index in [1.165, 1.54) is 13.0 Å². The van der Waals surface area contributed by atoms with Gasteiger partial charge < -0.3 is 14.2 Å². The van der Waals surface area contributed by atoms with E-state index in [0.29, 0.717) is 0 Å². The number of fused-ring (bicyclic) bond motifs is 4. The van der Waals surface area contributed by atoms with Crippen molar-refractivity contribution in [2.45, 2.75) is 50.6 Å². The Hall–Kier alpha value is -3.69. The molecule has 3 atom stereocenters. The van der Waals surface area contributed by atoms with Crippen molar-refractivity contribution in [3.8, 4) is 11.4 Å². The largest absolute Gasteiger partial charge is 0.416 e. The van der Waals surface area contributed by atoms with E-state index in [4.69, 9.17) is 4.74 Å². The lowest BCUT2D eigenvalue weighted by Gasteiger charge is -2.56. The summed E-state index contributed by atoms with van der Waals surface area (Å²) in [4.78, 5) is 42.6. The first kappa shape index (κ1) is 25.0. The lowest BCUT2D eigenvalue weighted by atomic mass is 9.66. The van der Waals surface area contributed by atoms with Gasteiger partial charge >= 0.3 is 18.6 Å². The van der Waals surface area contributed by atoms with Crippen LogP contribution >= 0.6 is 0 Å². The predicted molar refractivity (Wildman–Crippen MR) is 109 cm³/mol. The molecule has 1 aromatic carbocycles. The predicted octanol–water partition coefficient (Wildman–Crippen LogP) is 2.64. The summed E-state index contributed by atoms with van der Waals surface area (Å²) in [5.41, 5.74) is -2.80. The number of anilines is 1. The number of carbonyl (C=O) groups excluding carboxylic acids is 3. The van der Waals surface area contributed by atoms with Crippen molar-refractivity contribution in [3.63, 3.8) is 0 Å². The number of amides is 4. The van der Waals surface area contributed by atoms with Crippen LogP contribution in [0.25, 0.3) is 11.4 Å². The molecule has 3 aliphatic rings. The summed E-state index contributed by atoms with van der Waals surface area (Å²) < 4.78 is 92.3. The fourth-order valence-electron chi connectivity index (χ4n) is 5.22. The number of hydrogen-bond acceptors (Lipinski definition) is 8. The van der Waals surface area contributed by atoms with E-state index in [9.17, 15) is 36.3 Å². The van der Waals surface area contributed by atoms with Crippen molar-refractivity contribution >= 4 is 23.5 Å². The van der Waals surface area contributed by atoms with Crippen LogP contribution in [0, 0.1) is 11.2 Å². The second kappa shape index (κ2) is 8.43. The Morgan fingerprint density at radius 2 is 1.86 bits per heavy atom. The molecule has 1 spiro atoms. The van der Waals surface area contributed by atoms with Gasteiger partial charge in [-0.1, -0.05) is 12.1 Å². The molecule has 10 nitrogen and oxygen atoms in total. The van der Waals surface area contributed by atoms with Crippen molar-refractivity contribution in [1.29, 1.82) is 0 Å². The number of benzene rings is 1. The van der Waals surface area contributed by atoms with Gasteiger partial charge in [-0.15, -0.1) is 0 Å². The van der Waals surface area contributed by atoms with Crippen LogP contribution in [0.4, 0.5) is 36.8 Å². The third-order valence-electron chi connectivity index (χ3n) is 6.71. The first-order chi connectivity index (χ1) is 17.4. The summed E-state index contributed by atoms with van der Waals surface area (Å²) in [6.45, 7) is 0.521. The Morgan fingerprint density at radius 3 is 2.43 bits per heavy atom. The Balaban J connectivity index is 1.70. The number of nitrogens with zero attached hydrogens (tertiary/aromatic N) is 3. The lowest BCUT2D eigenvalue weighted by molar-refractivity contribution is -0.245. The Morgan fingerprint density at radius 1 is 1.19 bits per heavy atom. The molecule has 4 heterocycles. The zero-order chi connectivity index (χ0) is 26.9. The van der Waals surface area contributed by atoms with Crippen LogP contribution in [-0.2, 0) is 20.7 Å². The molecule has 0 bridgehead atoms. The van der Waals surface area contributed by atoms with E-state index in [-0.39, 0.29) is 23.2 Å². The number of alkyl halides is 5. The molecule has 0 saturated carbocycles. The Kier molecular flexibility index (Phi) is 5.69. The van der Waals surface area contributed by atoms with Crippen molar-refractivity contribution in [3.05, 3.63) is 29.4 Å². The van der Waals surface area contributed by atoms with Gasteiger partial charge in [0.25, 0.3) is 5.89 Å². The molecule has 37 heavy (non-hydrogen) atoms. The van der Waals surface area contributed by atoms with Crippen molar-refractivity contribution in [2.24, 2.45) is 5.41 Å². The normalized spacial score (nSPS) is 25.1. The molecule has 2 saturated heterocycles. The molecule has 2 fully saturated rings. The molecule has 5 rings (SSSR count). The van der Waals surface area contributed by atoms with Crippen LogP contribution in [0.1, 0.15) is 31.2 Å². The van der Waals surface area contributed by atoms with Gasteiger partial charge in [-0.25, -0.2) is 9.18 Å². The van der Waals surface area contributed by atoms with Gasteiger partial charge in [-0.05, 0) is 24.1 Å². The molecule has 0 unspecified atom stereocenters. The van der Waals surface area contributed by atoms with E-state index in [1.54, 1.807) is 0 Å². The molecule has 2 N–H and O–H groups in total. The van der Waals surface area contributed by atoms with Crippen LogP contribution in [0.5, 0.6) is 0 Å². The van der Waals surface area contributed by atoms with Crippen molar-refractivity contribution in [2.75, 3.05) is 11.4 Å².